The highest BCUT2D eigenvalue weighted by Crippen LogP contribution is 2.27. The van der Waals surface area contributed by atoms with E-state index in [1.54, 1.807) is 12.1 Å². The van der Waals surface area contributed by atoms with Crippen molar-refractivity contribution in [2.24, 2.45) is 0 Å². The molecule has 0 bridgehead atoms. The van der Waals surface area contributed by atoms with Gasteiger partial charge in [-0.15, -0.1) is 24.8 Å². The van der Waals surface area contributed by atoms with Crippen LogP contribution in [0.15, 0.2) is 35.9 Å². The molecule has 1 amide bonds. The molecule has 29 heavy (non-hydrogen) atoms. The summed E-state index contributed by atoms with van der Waals surface area (Å²) in [6, 6.07) is 3.35. The van der Waals surface area contributed by atoms with Crippen molar-refractivity contribution in [1.82, 2.24) is 10.2 Å². The summed E-state index contributed by atoms with van der Waals surface area (Å²) in [5.74, 6) is 0.288. The van der Waals surface area contributed by atoms with Crippen molar-refractivity contribution in [2.75, 3.05) is 38.2 Å². The highest BCUT2D eigenvalue weighted by atomic mass is 35.5. The molecule has 164 valence electrons. The largest absolute Gasteiger partial charge is 0.496 e. The van der Waals surface area contributed by atoms with E-state index < -0.39 is 0 Å². The Morgan fingerprint density at radius 3 is 2.41 bits per heavy atom. The number of nitrogen functional groups attached to an aromatic ring is 2. The Bertz CT molecular complexity index is 733. The minimum absolute atomic E-state index is 0. The van der Waals surface area contributed by atoms with Crippen molar-refractivity contribution in [3.8, 4) is 5.75 Å². The Kier molecular flexibility index (Phi) is 11.8. The van der Waals surface area contributed by atoms with Crippen molar-refractivity contribution in [3.05, 3.63) is 41.5 Å². The lowest BCUT2D eigenvalue weighted by Crippen LogP contribution is -2.45. The second kappa shape index (κ2) is 12.6. The zero-order valence-electron chi connectivity index (χ0n) is 16.6. The van der Waals surface area contributed by atoms with E-state index in [-0.39, 0.29) is 42.2 Å². The van der Waals surface area contributed by atoms with E-state index in [0.717, 1.165) is 45.3 Å². The Balaban J connectivity index is 0.00000261. The predicted molar refractivity (Wildman–Crippen MR) is 123 cm³/mol. The van der Waals surface area contributed by atoms with Crippen LogP contribution in [0.4, 0.5) is 11.4 Å². The SMILES string of the molecule is COc1cc(N)c(N)cc1C(=O)NC1CCN(CC2=CCC=CC2)CC1.Cl.Cl.O. The molecule has 1 aromatic rings. The first kappa shape index (κ1) is 27.1. The molecule has 9 heteroatoms. The number of carbonyl (C=O) groups is 1. The van der Waals surface area contributed by atoms with Crippen molar-refractivity contribution < 1.29 is 15.0 Å². The van der Waals surface area contributed by atoms with E-state index >= 15 is 0 Å². The minimum Gasteiger partial charge on any atom is -0.496 e. The van der Waals surface area contributed by atoms with Gasteiger partial charge in [0.05, 0.1) is 24.0 Å². The van der Waals surface area contributed by atoms with Crippen molar-refractivity contribution >= 4 is 42.1 Å². The van der Waals surface area contributed by atoms with Gasteiger partial charge in [-0.1, -0.05) is 23.8 Å². The molecule has 1 fully saturated rings. The van der Waals surface area contributed by atoms with Crippen LogP contribution in [0.5, 0.6) is 5.75 Å². The van der Waals surface area contributed by atoms with Crippen LogP contribution in [0, 0.1) is 0 Å². The molecule has 0 spiro atoms. The van der Waals surface area contributed by atoms with Gasteiger partial charge in [0.15, 0.2) is 0 Å². The fourth-order valence-electron chi connectivity index (χ4n) is 3.52. The van der Waals surface area contributed by atoms with E-state index in [1.165, 1.54) is 12.7 Å². The Hall–Kier alpha value is -1.93. The number of nitrogens with one attached hydrogen (secondary N) is 1. The van der Waals surface area contributed by atoms with Crippen LogP contribution in [0.3, 0.4) is 0 Å². The number of piperidine rings is 1. The molecule has 1 saturated heterocycles. The number of hydrogen-bond acceptors (Lipinski definition) is 5. The summed E-state index contributed by atoms with van der Waals surface area (Å²) in [7, 11) is 1.52. The van der Waals surface area contributed by atoms with Crippen LogP contribution in [-0.4, -0.2) is 49.1 Å². The number of allylic oxidation sites excluding steroid dienone is 3. The number of likely N-dealkylation sites (tertiary alicyclic amines) is 1. The first-order chi connectivity index (χ1) is 12.6. The minimum atomic E-state index is -0.160. The average molecular weight is 447 g/mol. The van der Waals surface area contributed by atoms with Gasteiger partial charge in [-0.2, -0.15) is 0 Å². The summed E-state index contributed by atoms with van der Waals surface area (Å²) in [5.41, 5.74) is 14.4. The molecule has 1 aliphatic heterocycles. The van der Waals surface area contributed by atoms with Gasteiger partial charge in [-0.25, -0.2) is 0 Å². The average Bonchev–Trinajstić information content (AvgIpc) is 2.66. The number of nitrogens with zero attached hydrogens (tertiary/aromatic N) is 1. The Morgan fingerprint density at radius 1 is 1.17 bits per heavy atom. The summed E-state index contributed by atoms with van der Waals surface area (Å²) >= 11 is 0. The number of benzene rings is 1. The molecule has 0 unspecified atom stereocenters. The zero-order valence-corrected chi connectivity index (χ0v) is 18.3. The number of methoxy groups -OCH3 is 1. The van der Waals surface area contributed by atoms with Crippen LogP contribution >= 0.6 is 24.8 Å². The quantitative estimate of drug-likeness (QED) is 0.472. The van der Waals surface area contributed by atoms with Crippen molar-refractivity contribution in [2.45, 2.75) is 31.7 Å². The van der Waals surface area contributed by atoms with Crippen LogP contribution in [0.25, 0.3) is 0 Å². The van der Waals surface area contributed by atoms with E-state index in [2.05, 4.69) is 28.4 Å². The topological polar surface area (TPSA) is 125 Å². The third-order valence-corrected chi connectivity index (χ3v) is 5.09. The monoisotopic (exact) mass is 446 g/mol. The summed E-state index contributed by atoms with van der Waals surface area (Å²) in [6.45, 7) is 3.02. The first-order valence-electron chi connectivity index (χ1n) is 9.16. The maximum atomic E-state index is 12.6. The second-order valence-electron chi connectivity index (χ2n) is 6.98. The van der Waals surface area contributed by atoms with Gasteiger partial charge in [-0.3, -0.25) is 9.69 Å². The summed E-state index contributed by atoms with van der Waals surface area (Å²) in [5, 5.41) is 3.11. The van der Waals surface area contributed by atoms with Crippen LogP contribution in [0.1, 0.15) is 36.0 Å². The lowest BCUT2D eigenvalue weighted by molar-refractivity contribution is 0.0910. The number of halogens is 2. The maximum Gasteiger partial charge on any atom is 0.255 e. The van der Waals surface area contributed by atoms with Gasteiger partial charge in [0.2, 0.25) is 0 Å². The standard InChI is InChI=1S/C20H28N4O2.2ClH.H2O/c1-26-19-12-18(22)17(21)11-16(19)20(25)23-15-7-9-24(10-8-15)13-14-5-3-2-4-6-14;;;/h2-3,6,11-12,15H,4-5,7-10,13,21-22H2,1H3,(H,23,25);2*1H;1H2. The number of hydrogen-bond donors (Lipinski definition) is 3. The van der Waals surface area contributed by atoms with E-state index in [1.807, 2.05) is 0 Å². The van der Waals surface area contributed by atoms with Crippen molar-refractivity contribution in [3.63, 3.8) is 0 Å². The molecule has 0 aromatic heterocycles. The summed E-state index contributed by atoms with van der Waals surface area (Å²) in [6.07, 6.45) is 10.8. The van der Waals surface area contributed by atoms with Gasteiger partial charge in [0, 0.05) is 31.7 Å². The molecular weight excluding hydrogens is 415 g/mol. The Morgan fingerprint density at radius 2 is 1.83 bits per heavy atom. The third kappa shape index (κ3) is 7.12. The molecule has 1 aromatic carbocycles. The number of amides is 1. The molecule has 1 heterocycles. The van der Waals surface area contributed by atoms with E-state index in [0.29, 0.717) is 22.7 Å². The molecular formula is C20H32Cl2N4O3. The number of anilines is 2. The molecule has 3 rings (SSSR count). The second-order valence-corrected chi connectivity index (χ2v) is 6.98. The lowest BCUT2D eigenvalue weighted by Gasteiger charge is -2.33. The number of rotatable bonds is 5. The van der Waals surface area contributed by atoms with Crippen LogP contribution < -0.4 is 21.5 Å². The Labute approximate surface area is 184 Å². The molecule has 2 aliphatic rings. The summed E-state index contributed by atoms with van der Waals surface area (Å²) < 4.78 is 5.28. The molecule has 1 aliphatic carbocycles. The smallest absolute Gasteiger partial charge is 0.255 e. The zero-order chi connectivity index (χ0) is 18.5. The van der Waals surface area contributed by atoms with Crippen LogP contribution in [-0.2, 0) is 0 Å². The highest BCUT2D eigenvalue weighted by Gasteiger charge is 2.23. The number of carbonyl (C=O) groups excluding carboxylic acids is 1. The normalized spacial score (nSPS) is 16.5. The lowest BCUT2D eigenvalue weighted by atomic mass is 10.0. The molecule has 7 N–H and O–H groups in total. The first-order valence-corrected chi connectivity index (χ1v) is 9.16. The molecule has 0 saturated carbocycles. The van der Waals surface area contributed by atoms with Gasteiger partial charge in [0.25, 0.3) is 5.91 Å². The number of ether oxygens (including phenoxy) is 1. The fraction of sp³-hybridized carbons (Fsp3) is 0.450. The van der Waals surface area contributed by atoms with E-state index in [9.17, 15) is 4.79 Å². The van der Waals surface area contributed by atoms with Gasteiger partial charge >= 0.3 is 0 Å². The highest BCUT2D eigenvalue weighted by molar-refractivity contribution is 5.99. The maximum absolute atomic E-state index is 12.6. The summed E-state index contributed by atoms with van der Waals surface area (Å²) in [4.78, 5) is 15.1. The van der Waals surface area contributed by atoms with Gasteiger partial charge in [0.1, 0.15) is 5.75 Å². The molecule has 7 nitrogen and oxygen atoms in total. The van der Waals surface area contributed by atoms with Crippen LogP contribution in [0.2, 0.25) is 0 Å². The van der Waals surface area contributed by atoms with Crippen molar-refractivity contribution in [1.29, 1.82) is 0 Å². The number of nitrogens with two attached hydrogens (primary N) is 2. The molecule has 0 radical (unpaired) electrons. The third-order valence-electron chi connectivity index (χ3n) is 5.09. The fourth-order valence-corrected chi connectivity index (χ4v) is 3.52. The molecule has 0 atom stereocenters. The predicted octanol–water partition coefficient (Wildman–Crippen LogP) is 2.35. The van der Waals surface area contributed by atoms with Gasteiger partial charge in [-0.05, 0) is 31.7 Å². The van der Waals surface area contributed by atoms with E-state index in [4.69, 9.17) is 16.2 Å². The van der Waals surface area contributed by atoms with Gasteiger partial charge < -0.3 is 27.0 Å².